The Hall–Kier alpha value is -1.10. The van der Waals surface area contributed by atoms with Gasteiger partial charge in [0.15, 0.2) is 0 Å². The van der Waals surface area contributed by atoms with Gasteiger partial charge in [0.2, 0.25) is 5.91 Å². The molecule has 1 aliphatic carbocycles. The van der Waals surface area contributed by atoms with E-state index in [1.807, 2.05) is 6.92 Å². The largest absolute Gasteiger partial charge is 0.480 e. The Bertz CT molecular complexity index is 340. The third-order valence-corrected chi connectivity index (χ3v) is 4.28. The monoisotopic (exact) mass is 268 g/mol. The maximum Gasteiger partial charge on any atom is 0.326 e. The average molecular weight is 268 g/mol. The van der Waals surface area contributed by atoms with E-state index in [4.69, 9.17) is 5.11 Å². The number of hydrogen-bond acceptors (Lipinski definition) is 3. The quantitative estimate of drug-likeness (QED) is 0.808. The molecule has 0 spiro atoms. The summed E-state index contributed by atoms with van der Waals surface area (Å²) >= 11 is 0. The maximum atomic E-state index is 12.3. The molecule has 1 saturated heterocycles. The van der Waals surface area contributed by atoms with Gasteiger partial charge < -0.3 is 15.3 Å². The molecule has 0 aromatic rings. The smallest absolute Gasteiger partial charge is 0.326 e. The van der Waals surface area contributed by atoms with Gasteiger partial charge in [-0.3, -0.25) is 4.79 Å². The molecule has 2 rings (SSSR count). The van der Waals surface area contributed by atoms with Crippen LogP contribution in [0.2, 0.25) is 0 Å². The summed E-state index contributed by atoms with van der Waals surface area (Å²) in [6.07, 6.45) is 7.35. The number of nitrogens with one attached hydrogen (secondary N) is 1. The fraction of sp³-hybridized carbons (Fsp3) is 0.857. The van der Waals surface area contributed by atoms with Gasteiger partial charge in [-0.2, -0.15) is 0 Å². The molecule has 0 unspecified atom stereocenters. The lowest BCUT2D eigenvalue weighted by molar-refractivity contribution is -0.148. The van der Waals surface area contributed by atoms with E-state index in [9.17, 15) is 9.59 Å². The van der Waals surface area contributed by atoms with Gasteiger partial charge in [-0.05, 0) is 32.6 Å². The summed E-state index contributed by atoms with van der Waals surface area (Å²) in [5.74, 6) is -0.939. The second-order valence-electron chi connectivity index (χ2n) is 5.75. The molecule has 5 heteroatoms. The number of carbonyl (C=O) groups is 2. The van der Waals surface area contributed by atoms with Crippen molar-refractivity contribution in [2.24, 2.45) is 0 Å². The van der Waals surface area contributed by atoms with Gasteiger partial charge in [-0.15, -0.1) is 0 Å². The van der Waals surface area contributed by atoms with Crippen LogP contribution in [0.15, 0.2) is 0 Å². The second-order valence-corrected chi connectivity index (χ2v) is 5.75. The molecular formula is C14H24N2O3. The molecule has 0 bridgehead atoms. The topological polar surface area (TPSA) is 69.6 Å². The van der Waals surface area contributed by atoms with Crippen molar-refractivity contribution < 1.29 is 14.7 Å². The zero-order chi connectivity index (χ0) is 13.8. The first-order chi connectivity index (χ1) is 9.09. The summed E-state index contributed by atoms with van der Waals surface area (Å²) in [6, 6.07) is -0.482. The Morgan fingerprint density at radius 1 is 1.16 bits per heavy atom. The van der Waals surface area contributed by atoms with Gasteiger partial charge in [0.05, 0.1) is 6.04 Å². The zero-order valence-corrected chi connectivity index (χ0v) is 11.6. The highest BCUT2D eigenvalue weighted by atomic mass is 16.4. The maximum absolute atomic E-state index is 12.3. The highest BCUT2D eigenvalue weighted by Gasteiger charge is 2.36. The molecule has 5 nitrogen and oxygen atoms in total. The standard InChI is InChI=1S/C14H24N2O3/c1-10(15-11-6-3-2-4-7-11)13(17)16-9-5-8-12(16)14(18)19/h10-12,15H,2-9H2,1H3,(H,18,19)/t10-,12-/m0/s1. The highest BCUT2D eigenvalue weighted by molar-refractivity contribution is 5.87. The summed E-state index contributed by atoms with van der Waals surface area (Å²) < 4.78 is 0. The van der Waals surface area contributed by atoms with Crippen molar-refractivity contribution in [3.8, 4) is 0 Å². The van der Waals surface area contributed by atoms with Crippen LogP contribution in [-0.4, -0.2) is 46.6 Å². The molecule has 2 atom stereocenters. The van der Waals surface area contributed by atoms with Crippen molar-refractivity contribution in [3.63, 3.8) is 0 Å². The van der Waals surface area contributed by atoms with Crippen LogP contribution in [0.5, 0.6) is 0 Å². The van der Waals surface area contributed by atoms with E-state index in [1.165, 1.54) is 24.2 Å². The van der Waals surface area contributed by atoms with E-state index in [1.54, 1.807) is 0 Å². The summed E-state index contributed by atoms with van der Waals surface area (Å²) in [6.45, 7) is 2.43. The first kappa shape index (κ1) is 14.3. The van der Waals surface area contributed by atoms with E-state index in [-0.39, 0.29) is 11.9 Å². The molecule has 0 radical (unpaired) electrons. The van der Waals surface area contributed by atoms with Gasteiger partial charge in [0, 0.05) is 12.6 Å². The van der Waals surface area contributed by atoms with Crippen molar-refractivity contribution >= 4 is 11.9 Å². The van der Waals surface area contributed by atoms with Gasteiger partial charge in [0.1, 0.15) is 6.04 Å². The normalized spacial score (nSPS) is 26.4. The van der Waals surface area contributed by atoms with Gasteiger partial charge in [-0.1, -0.05) is 19.3 Å². The lowest BCUT2D eigenvalue weighted by Gasteiger charge is -2.30. The van der Waals surface area contributed by atoms with Crippen LogP contribution in [0.4, 0.5) is 0 Å². The van der Waals surface area contributed by atoms with Crippen LogP contribution in [0.25, 0.3) is 0 Å². The second kappa shape index (κ2) is 6.37. The summed E-state index contributed by atoms with van der Waals surface area (Å²) in [5, 5.41) is 12.5. The number of hydrogen-bond donors (Lipinski definition) is 2. The molecule has 2 fully saturated rings. The number of nitrogens with zero attached hydrogens (tertiary/aromatic N) is 1. The van der Waals surface area contributed by atoms with Crippen molar-refractivity contribution in [3.05, 3.63) is 0 Å². The Morgan fingerprint density at radius 2 is 1.84 bits per heavy atom. The molecule has 1 heterocycles. The van der Waals surface area contributed by atoms with Gasteiger partial charge >= 0.3 is 5.97 Å². The van der Waals surface area contributed by atoms with Crippen LogP contribution >= 0.6 is 0 Å². The Balaban J connectivity index is 1.89. The number of aliphatic carboxylic acids is 1. The van der Waals surface area contributed by atoms with E-state index in [0.29, 0.717) is 19.0 Å². The van der Waals surface area contributed by atoms with Crippen LogP contribution in [0, 0.1) is 0 Å². The first-order valence-corrected chi connectivity index (χ1v) is 7.39. The minimum Gasteiger partial charge on any atom is -0.480 e. The number of carboxylic acids is 1. The van der Waals surface area contributed by atoms with E-state index in [2.05, 4.69) is 5.32 Å². The summed E-state index contributed by atoms with van der Waals surface area (Å²) in [7, 11) is 0. The Labute approximate surface area is 114 Å². The minimum absolute atomic E-state index is 0.0597. The van der Waals surface area contributed by atoms with Gasteiger partial charge in [0.25, 0.3) is 0 Å². The fourth-order valence-electron chi connectivity index (χ4n) is 3.23. The van der Waals surface area contributed by atoms with Crippen molar-refractivity contribution in [1.29, 1.82) is 0 Å². The fourth-order valence-corrected chi connectivity index (χ4v) is 3.23. The third-order valence-electron chi connectivity index (χ3n) is 4.28. The lowest BCUT2D eigenvalue weighted by Crippen LogP contribution is -2.51. The summed E-state index contributed by atoms with van der Waals surface area (Å²) in [4.78, 5) is 25.0. The van der Waals surface area contributed by atoms with Crippen molar-refractivity contribution in [1.82, 2.24) is 10.2 Å². The number of likely N-dealkylation sites (tertiary alicyclic amines) is 1. The molecule has 1 amide bonds. The number of amides is 1. The number of carboxylic acid groups (broad SMARTS) is 1. The Morgan fingerprint density at radius 3 is 2.47 bits per heavy atom. The molecule has 0 aromatic heterocycles. The van der Waals surface area contributed by atoms with Crippen molar-refractivity contribution in [2.75, 3.05) is 6.54 Å². The third kappa shape index (κ3) is 3.47. The molecule has 0 aromatic carbocycles. The molecular weight excluding hydrogens is 244 g/mol. The predicted octanol–water partition coefficient (Wildman–Crippen LogP) is 1.37. The number of carbonyl (C=O) groups excluding carboxylic acids is 1. The van der Waals surface area contributed by atoms with Gasteiger partial charge in [-0.25, -0.2) is 4.79 Å². The van der Waals surface area contributed by atoms with Crippen LogP contribution in [0.1, 0.15) is 51.9 Å². The van der Waals surface area contributed by atoms with E-state index in [0.717, 1.165) is 19.3 Å². The molecule has 1 saturated carbocycles. The Kier molecular flexibility index (Phi) is 4.80. The molecule has 2 aliphatic rings. The first-order valence-electron chi connectivity index (χ1n) is 7.39. The summed E-state index contributed by atoms with van der Waals surface area (Å²) in [5.41, 5.74) is 0. The number of rotatable bonds is 4. The average Bonchev–Trinajstić information content (AvgIpc) is 2.88. The lowest BCUT2D eigenvalue weighted by atomic mass is 9.95. The minimum atomic E-state index is -0.879. The van der Waals surface area contributed by atoms with Crippen molar-refractivity contribution in [2.45, 2.75) is 70.0 Å². The van der Waals surface area contributed by atoms with Crippen LogP contribution < -0.4 is 5.32 Å². The molecule has 2 N–H and O–H groups in total. The molecule has 1 aliphatic heterocycles. The molecule has 108 valence electrons. The SMILES string of the molecule is C[C@H](NC1CCCCC1)C(=O)N1CCC[C@H]1C(=O)O. The van der Waals surface area contributed by atoms with Crippen LogP contribution in [0.3, 0.4) is 0 Å². The highest BCUT2D eigenvalue weighted by Crippen LogP contribution is 2.20. The van der Waals surface area contributed by atoms with E-state index < -0.39 is 12.0 Å². The van der Waals surface area contributed by atoms with E-state index >= 15 is 0 Å². The van der Waals surface area contributed by atoms with Crippen LogP contribution in [-0.2, 0) is 9.59 Å². The molecule has 19 heavy (non-hydrogen) atoms. The zero-order valence-electron chi connectivity index (χ0n) is 11.6. The predicted molar refractivity (Wildman–Crippen MR) is 71.8 cm³/mol.